The van der Waals surface area contributed by atoms with Crippen LogP contribution in [0.5, 0.6) is 0 Å². The Balaban J connectivity index is 2.24. The van der Waals surface area contributed by atoms with Gasteiger partial charge in [-0.25, -0.2) is 0 Å². The maximum atomic E-state index is 6.29. The number of anilines is 1. The predicted octanol–water partition coefficient (Wildman–Crippen LogP) is 5.00. The van der Waals surface area contributed by atoms with Crippen molar-refractivity contribution in [2.45, 2.75) is 6.92 Å². The molecule has 0 spiro atoms. The lowest BCUT2D eigenvalue weighted by Gasteiger charge is -2.07. The van der Waals surface area contributed by atoms with Crippen LogP contribution in [0.25, 0.3) is 22.4 Å². The second-order valence-electron chi connectivity index (χ2n) is 4.45. The highest BCUT2D eigenvalue weighted by atomic mass is 35.5. The van der Waals surface area contributed by atoms with Gasteiger partial charge in [-0.3, -0.25) is 5.10 Å². The fourth-order valence-electron chi connectivity index (χ4n) is 2.13. The Bertz CT molecular complexity index is 777. The first kappa shape index (κ1) is 13.5. The Morgan fingerprint density at radius 3 is 2.65 bits per heavy atom. The van der Waals surface area contributed by atoms with Crippen LogP contribution in [-0.4, -0.2) is 10.2 Å². The fourth-order valence-corrected chi connectivity index (χ4v) is 3.47. The summed E-state index contributed by atoms with van der Waals surface area (Å²) in [6, 6.07) is 5.35. The number of hydrogen-bond donors (Lipinski definition) is 2. The first-order valence-corrected chi connectivity index (χ1v) is 7.60. The second-order valence-corrected chi connectivity index (χ2v) is 6.04. The number of aromatic amines is 1. The smallest absolute Gasteiger partial charge is 0.153 e. The van der Waals surface area contributed by atoms with Gasteiger partial charge in [0.15, 0.2) is 5.82 Å². The molecule has 0 fully saturated rings. The van der Waals surface area contributed by atoms with Crippen LogP contribution in [0.2, 0.25) is 10.0 Å². The number of H-pyrrole nitrogens is 1. The normalized spacial score (nSPS) is 10.9. The number of nitrogens with two attached hydrogens (primary N) is 1. The van der Waals surface area contributed by atoms with E-state index in [0.29, 0.717) is 15.9 Å². The third kappa shape index (κ3) is 2.20. The Labute approximate surface area is 130 Å². The standard InChI is InChI=1S/C14H11Cl2N3S/c1-7-5-20-6-10(7)13-12(14(17)19-18-13)9-3-2-8(15)4-11(9)16/h2-6H,1H3,(H3,17,18,19). The molecule has 3 N–H and O–H groups in total. The highest BCUT2D eigenvalue weighted by Crippen LogP contribution is 2.40. The van der Waals surface area contributed by atoms with Crippen LogP contribution in [0, 0.1) is 6.92 Å². The lowest BCUT2D eigenvalue weighted by Crippen LogP contribution is -1.90. The summed E-state index contributed by atoms with van der Waals surface area (Å²) in [5.74, 6) is 0.426. The van der Waals surface area contributed by atoms with Gasteiger partial charge in [0.2, 0.25) is 0 Å². The van der Waals surface area contributed by atoms with Gasteiger partial charge in [0.05, 0.1) is 16.3 Å². The Hall–Kier alpha value is -1.49. The Morgan fingerprint density at radius 2 is 2.00 bits per heavy atom. The number of thiophene rings is 1. The lowest BCUT2D eigenvalue weighted by atomic mass is 10.0. The number of halogens is 2. The number of nitrogens with zero attached hydrogens (tertiary/aromatic N) is 1. The van der Waals surface area contributed by atoms with Crippen molar-refractivity contribution in [2.24, 2.45) is 0 Å². The van der Waals surface area contributed by atoms with E-state index >= 15 is 0 Å². The van der Waals surface area contributed by atoms with E-state index in [1.807, 2.05) is 6.07 Å². The molecule has 3 nitrogen and oxygen atoms in total. The van der Waals surface area contributed by atoms with Gasteiger partial charge in [0.25, 0.3) is 0 Å². The van der Waals surface area contributed by atoms with Crippen LogP contribution >= 0.6 is 34.5 Å². The van der Waals surface area contributed by atoms with Crippen molar-refractivity contribution in [2.75, 3.05) is 5.73 Å². The van der Waals surface area contributed by atoms with E-state index < -0.39 is 0 Å². The van der Waals surface area contributed by atoms with Crippen LogP contribution in [0.4, 0.5) is 5.82 Å². The highest BCUT2D eigenvalue weighted by molar-refractivity contribution is 7.08. The summed E-state index contributed by atoms with van der Waals surface area (Å²) in [5, 5.41) is 12.4. The second kappa shape index (κ2) is 5.13. The van der Waals surface area contributed by atoms with E-state index in [9.17, 15) is 0 Å². The zero-order valence-corrected chi connectivity index (χ0v) is 12.9. The summed E-state index contributed by atoms with van der Waals surface area (Å²) in [4.78, 5) is 0. The molecule has 3 aromatic rings. The minimum Gasteiger partial charge on any atom is -0.382 e. The van der Waals surface area contributed by atoms with Crippen molar-refractivity contribution in [3.05, 3.63) is 44.6 Å². The van der Waals surface area contributed by atoms with Crippen LogP contribution in [0.15, 0.2) is 29.0 Å². The number of rotatable bonds is 2. The average molecular weight is 324 g/mol. The number of aromatic nitrogens is 2. The van der Waals surface area contributed by atoms with Crippen LogP contribution in [0.1, 0.15) is 5.56 Å². The molecule has 102 valence electrons. The molecule has 0 atom stereocenters. The Kier molecular flexibility index (Phi) is 3.46. The molecule has 1 aromatic carbocycles. The zero-order valence-electron chi connectivity index (χ0n) is 10.6. The summed E-state index contributed by atoms with van der Waals surface area (Å²) in [7, 11) is 0. The molecule has 0 saturated carbocycles. The topological polar surface area (TPSA) is 54.7 Å². The van der Waals surface area contributed by atoms with Crippen molar-refractivity contribution >= 4 is 40.4 Å². The highest BCUT2D eigenvalue weighted by Gasteiger charge is 2.18. The molecule has 2 heterocycles. The molecule has 3 rings (SSSR count). The van der Waals surface area contributed by atoms with E-state index in [0.717, 1.165) is 22.4 Å². The first-order chi connectivity index (χ1) is 9.58. The van der Waals surface area contributed by atoms with Gasteiger partial charge in [-0.05, 0) is 30.0 Å². The van der Waals surface area contributed by atoms with E-state index in [1.165, 1.54) is 5.56 Å². The Morgan fingerprint density at radius 1 is 1.20 bits per heavy atom. The third-order valence-corrected chi connectivity index (χ3v) is 4.53. The summed E-state index contributed by atoms with van der Waals surface area (Å²) >= 11 is 13.9. The summed E-state index contributed by atoms with van der Waals surface area (Å²) < 4.78 is 0. The molecule has 0 radical (unpaired) electrons. The summed E-state index contributed by atoms with van der Waals surface area (Å²) in [6.07, 6.45) is 0. The lowest BCUT2D eigenvalue weighted by molar-refractivity contribution is 1.10. The van der Waals surface area contributed by atoms with Crippen LogP contribution in [-0.2, 0) is 0 Å². The van der Waals surface area contributed by atoms with Crippen LogP contribution < -0.4 is 5.73 Å². The number of nitrogens with one attached hydrogen (secondary N) is 1. The van der Waals surface area contributed by atoms with E-state index in [4.69, 9.17) is 28.9 Å². The minimum atomic E-state index is 0.426. The molecule has 20 heavy (non-hydrogen) atoms. The van der Waals surface area contributed by atoms with Gasteiger partial charge in [0, 0.05) is 21.5 Å². The summed E-state index contributed by atoms with van der Waals surface area (Å²) in [5.41, 5.74) is 10.8. The third-order valence-electron chi connectivity index (χ3n) is 3.12. The molecule has 0 amide bonds. The van der Waals surface area contributed by atoms with E-state index in [-0.39, 0.29) is 0 Å². The van der Waals surface area contributed by atoms with Gasteiger partial charge in [-0.15, -0.1) is 0 Å². The van der Waals surface area contributed by atoms with Crippen molar-refractivity contribution in [1.29, 1.82) is 0 Å². The summed E-state index contributed by atoms with van der Waals surface area (Å²) in [6.45, 7) is 2.05. The number of benzene rings is 1. The van der Waals surface area contributed by atoms with E-state index in [2.05, 4.69) is 27.9 Å². The number of aryl methyl sites for hydroxylation is 1. The molecule has 0 aliphatic rings. The van der Waals surface area contributed by atoms with Gasteiger partial charge in [-0.1, -0.05) is 29.3 Å². The van der Waals surface area contributed by atoms with Gasteiger partial charge in [-0.2, -0.15) is 16.4 Å². The molecular weight excluding hydrogens is 313 g/mol. The molecule has 6 heteroatoms. The minimum absolute atomic E-state index is 0.426. The average Bonchev–Trinajstić information content (AvgIpc) is 2.96. The predicted molar refractivity (Wildman–Crippen MR) is 86.5 cm³/mol. The quantitative estimate of drug-likeness (QED) is 0.697. The van der Waals surface area contributed by atoms with Gasteiger partial charge >= 0.3 is 0 Å². The maximum absolute atomic E-state index is 6.29. The molecule has 0 aliphatic carbocycles. The van der Waals surface area contributed by atoms with Gasteiger partial charge in [0.1, 0.15) is 0 Å². The van der Waals surface area contributed by atoms with Crippen molar-refractivity contribution < 1.29 is 0 Å². The maximum Gasteiger partial charge on any atom is 0.153 e. The fraction of sp³-hybridized carbons (Fsp3) is 0.0714. The largest absolute Gasteiger partial charge is 0.382 e. The molecule has 0 saturated heterocycles. The van der Waals surface area contributed by atoms with E-state index in [1.54, 1.807) is 23.5 Å². The molecule has 0 bridgehead atoms. The van der Waals surface area contributed by atoms with Crippen LogP contribution in [0.3, 0.4) is 0 Å². The SMILES string of the molecule is Cc1cscc1-c1[nH]nc(N)c1-c1ccc(Cl)cc1Cl. The molecule has 2 aromatic heterocycles. The van der Waals surface area contributed by atoms with Crippen molar-refractivity contribution in [3.63, 3.8) is 0 Å². The zero-order chi connectivity index (χ0) is 14.3. The van der Waals surface area contributed by atoms with Crippen molar-refractivity contribution in [1.82, 2.24) is 10.2 Å². The monoisotopic (exact) mass is 323 g/mol. The molecular formula is C14H11Cl2N3S. The number of hydrogen-bond acceptors (Lipinski definition) is 3. The molecule has 0 aliphatic heterocycles. The van der Waals surface area contributed by atoms with Gasteiger partial charge < -0.3 is 5.73 Å². The van der Waals surface area contributed by atoms with Crippen molar-refractivity contribution in [3.8, 4) is 22.4 Å². The molecule has 0 unspecified atom stereocenters. The number of nitrogen functional groups attached to an aromatic ring is 1. The first-order valence-electron chi connectivity index (χ1n) is 5.90.